The van der Waals surface area contributed by atoms with Crippen molar-refractivity contribution in [1.29, 1.82) is 0 Å². The monoisotopic (exact) mass is 496 g/mol. The maximum Gasteiger partial charge on any atom is 0.417 e. The van der Waals surface area contributed by atoms with E-state index < -0.39 is 54.4 Å². The first-order valence-corrected chi connectivity index (χ1v) is 10.6. The Kier molecular flexibility index (Phi) is 5.67. The van der Waals surface area contributed by atoms with Gasteiger partial charge in [0.25, 0.3) is 5.91 Å². The van der Waals surface area contributed by atoms with Gasteiger partial charge in [-0.15, -0.1) is 4.80 Å². The van der Waals surface area contributed by atoms with Crippen LogP contribution in [0.5, 0.6) is 0 Å². The van der Waals surface area contributed by atoms with Gasteiger partial charge < -0.3 is 15.0 Å². The van der Waals surface area contributed by atoms with E-state index in [9.17, 15) is 22.4 Å². The zero-order valence-corrected chi connectivity index (χ0v) is 18.6. The van der Waals surface area contributed by atoms with E-state index in [-0.39, 0.29) is 30.2 Å². The molecule has 4 rings (SSSR count). The van der Waals surface area contributed by atoms with Gasteiger partial charge in [-0.3, -0.25) is 4.79 Å². The molecule has 1 saturated heterocycles. The number of nitrogens with one attached hydrogen (secondary N) is 1. The minimum Gasteiger partial charge on any atom is -0.372 e. The Morgan fingerprint density at radius 1 is 1.29 bits per heavy atom. The summed E-state index contributed by atoms with van der Waals surface area (Å²) in [5.41, 5.74) is -1.63. The molecule has 1 fully saturated rings. The molecule has 3 aromatic heterocycles. The number of morpholine rings is 1. The number of carbonyl (C=O) groups excluding carboxylic acids is 1. The van der Waals surface area contributed by atoms with Crippen LogP contribution in [0.1, 0.15) is 39.7 Å². The second kappa shape index (κ2) is 9.56. The van der Waals surface area contributed by atoms with Crippen LogP contribution in [-0.2, 0) is 10.9 Å². The molecule has 0 aliphatic carbocycles. The molecular formula is C22H23F4N7O2. The molecule has 1 amide bonds. The molecule has 186 valence electrons. The minimum absolute atomic E-state index is 0.0735. The van der Waals surface area contributed by atoms with Gasteiger partial charge in [0.15, 0.2) is 17.3 Å². The van der Waals surface area contributed by atoms with E-state index >= 15 is 0 Å². The molecule has 1 N–H and O–H groups in total. The largest absolute Gasteiger partial charge is 0.417 e. The van der Waals surface area contributed by atoms with Crippen molar-refractivity contribution >= 4 is 11.7 Å². The Balaban J connectivity index is 1.66. The van der Waals surface area contributed by atoms with E-state index in [1.807, 2.05) is 0 Å². The highest BCUT2D eigenvalue weighted by molar-refractivity contribution is 5.96. The lowest BCUT2D eigenvalue weighted by atomic mass is 10.0. The van der Waals surface area contributed by atoms with Crippen LogP contribution < -0.4 is 5.32 Å². The highest BCUT2D eigenvalue weighted by Gasteiger charge is 2.38. The van der Waals surface area contributed by atoms with Gasteiger partial charge in [0, 0.05) is 29.1 Å². The number of carbonyl (C=O) groups is 1. The van der Waals surface area contributed by atoms with Crippen LogP contribution in [-0.4, -0.2) is 67.1 Å². The Bertz CT molecular complexity index is 1310. The fourth-order valence-electron chi connectivity index (χ4n) is 3.85. The van der Waals surface area contributed by atoms with E-state index in [0.29, 0.717) is 12.3 Å². The molecule has 3 aromatic rings. The fourth-order valence-corrected chi connectivity index (χ4v) is 3.85. The number of aromatic nitrogens is 5. The third-order valence-corrected chi connectivity index (χ3v) is 5.46. The summed E-state index contributed by atoms with van der Waals surface area (Å²) in [6.07, 6.45) is -2.50. The summed E-state index contributed by atoms with van der Waals surface area (Å²) in [7, 11) is 0. The van der Waals surface area contributed by atoms with Crippen molar-refractivity contribution in [2.75, 3.05) is 18.4 Å². The number of anilines is 1. The highest BCUT2D eigenvalue weighted by Crippen LogP contribution is 2.30. The number of hydrogen-bond donors (Lipinski definition) is 1. The van der Waals surface area contributed by atoms with E-state index in [4.69, 9.17) is 8.85 Å². The number of halogens is 4. The highest BCUT2D eigenvalue weighted by atomic mass is 19.4. The molecule has 9 nitrogen and oxygen atoms in total. The average Bonchev–Trinajstić information content (AvgIpc) is 3.36. The summed E-state index contributed by atoms with van der Waals surface area (Å²) < 4.78 is 81.9. The maximum atomic E-state index is 14.4. The van der Waals surface area contributed by atoms with Gasteiger partial charge in [0.05, 0.1) is 36.2 Å². The molecule has 1 aliphatic rings. The lowest BCUT2D eigenvalue weighted by molar-refractivity contribution is -0.138. The molecule has 0 saturated carbocycles. The van der Waals surface area contributed by atoms with Gasteiger partial charge in [-0.1, -0.05) is 0 Å². The number of ether oxygens (including phenoxy) is 1. The van der Waals surface area contributed by atoms with Gasteiger partial charge in [-0.05, 0) is 38.9 Å². The summed E-state index contributed by atoms with van der Waals surface area (Å²) >= 11 is 0. The molecule has 35 heavy (non-hydrogen) atoms. The molecule has 0 aromatic carbocycles. The molecule has 0 bridgehead atoms. The molecule has 0 spiro atoms. The summed E-state index contributed by atoms with van der Waals surface area (Å²) in [5.74, 6) is -2.30. The fraction of sp³-hybridized carbons (Fsp3) is 0.409. The van der Waals surface area contributed by atoms with Crippen molar-refractivity contribution in [3.63, 3.8) is 0 Å². The van der Waals surface area contributed by atoms with Crippen LogP contribution in [0.15, 0.2) is 36.8 Å². The van der Waals surface area contributed by atoms with Crippen molar-refractivity contribution in [1.82, 2.24) is 29.9 Å². The van der Waals surface area contributed by atoms with E-state index in [1.54, 1.807) is 13.8 Å². The lowest BCUT2D eigenvalue weighted by Gasteiger charge is -2.43. The van der Waals surface area contributed by atoms with Crippen molar-refractivity contribution in [3.05, 3.63) is 59.6 Å². The quantitative estimate of drug-likeness (QED) is 0.542. The van der Waals surface area contributed by atoms with Crippen LogP contribution in [0.3, 0.4) is 0 Å². The molecule has 0 radical (unpaired) electrons. The Morgan fingerprint density at radius 3 is 2.69 bits per heavy atom. The Hall–Kier alpha value is -3.61. The van der Waals surface area contributed by atoms with Crippen LogP contribution >= 0.6 is 0 Å². The van der Waals surface area contributed by atoms with Gasteiger partial charge in [0.1, 0.15) is 5.69 Å². The topological polar surface area (TPSA) is 98.1 Å². The molecule has 3 atom stereocenters. The van der Waals surface area contributed by atoms with Crippen molar-refractivity contribution in [2.45, 2.75) is 45.1 Å². The molecule has 4 heterocycles. The maximum absolute atomic E-state index is 14.4. The smallest absolute Gasteiger partial charge is 0.372 e. The Morgan fingerprint density at radius 2 is 2.03 bits per heavy atom. The summed E-state index contributed by atoms with van der Waals surface area (Å²) in [5, 5.41) is 10.7. The van der Waals surface area contributed by atoms with Crippen LogP contribution in [0.2, 0.25) is 0 Å². The van der Waals surface area contributed by atoms with Crippen LogP contribution in [0, 0.1) is 12.7 Å². The van der Waals surface area contributed by atoms with Gasteiger partial charge >= 0.3 is 6.18 Å². The first-order valence-electron chi connectivity index (χ1n) is 12.1. The number of amides is 1. The number of pyridine rings is 2. The van der Waals surface area contributed by atoms with Gasteiger partial charge in [-0.2, -0.15) is 23.4 Å². The van der Waals surface area contributed by atoms with Crippen molar-refractivity contribution < 1.29 is 31.2 Å². The third kappa shape index (κ3) is 5.24. The predicted molar refractivity (Wildman–Crippen MR) is 116 cm³/mol. The zero-order valence-electron chi connectivity index (χ0n) is 21.6. The number of rotatable bonds is 5. The van der Waals surface area contributed by atoms with Crippen LogP contribution in [0.4, 0.5) is 23.4 Å². The SMILES string of the molecule is [2H]C([2H])([2H])c1ccc(-n2nccn2)c(C(=O)N2C[C@@H](C)O[C@@H](C)[C@H]2CNc2ncc(C(F)(F)F)cc2F)n1. The number of alkyl halides is 3. The zero-order chi connectivity index (χ0) is 27.8. The first kappa shape index (κ1) is 20.7. The number of nitrogens with zero attached hydrogens (tertiary/aromatic N) is 6. The van der Waals surface area contributed by atoms with Gasteiger partial charge in [-0.25, -0.2) is 14.4 Å². The predicted octanol–water partition coefficient (Wildman–Crippen LogP) is 3.25. The summed E-state index contributed by atoms with van der Waals surface area (Å²) in [6.45, 7) is 0.762. The Labute approximate surface area is 202 Å². The van der Waals surface area contributed by atoms with Crippen LogP contribution in [0.25, 0.3) is 5.69 Å². The molecule has 13 heteroatoms. The summed E-state index contributed by atoms with van der Waals surface area (Å²) in [6, 6.07) is 2.21. The molecular weight excluding hydrogens is 470 g/mol. The number of aryl methyl sites for hydroxylation is 1. The average molecular weight is 496 g/mol. The third-order valence-electron chi connectivity index (χ3n) is 5.46. The van der Waals surface area contributed by atoms with Crippen molar-refractivity contribution in [3.8, 4) is 5.69 Å². The molecule has 1 aliphatic heterocycles. The van der Waals surface area contributed by atoms with E-state index in [2.05, 4.69) is 25.5 Å². The van der Waals surface area contributed by atoms with E-state index in [0.717, 1.165) is 4.80 Å². The summed E-state index contributed by atoms with van der Waals surface area (Å²) in [4.78, 5) is 24.0. The van der Waals surface area contributed by atoms with E-state index in [1.165, 1.54) is 29.4 Å². The normalized spacial score (nSPS) is 22.3. The van der Waals surface area contributed by atoms with Crippen molar-refractivity contribution in [2.24, 2.45) is 0 Å². The second-order valence-corrected chi connectivity index (χ2v) is 7.99. The minimum atomic E-state index is -4.76. The standard InChI is InChI=1S/C22H23F4N7O2/c1-12-4-5-17(33-29-6-7-30-33)19(31-12)21(34)32-11-13(2)35-14(3)18(32)10-28-20-16(23)8-15(9-27-20)22(24,25)26/h4-9,13-14,18H,10-11H2,1-3H3,(H,27,28)/t13-,14+,18-/m1/s1/i1D3. The number of hydrogen-bond acceptors (Lipinski definition) is 7. The first-order chi connectivity index (χ1) is 17.8. The van der Waals surface area contributed by atoms with Gasteiger partial charge in [0.2, 0.25) is 0 Å². The molecule has 0 unspecified atom stereocenters. The lowest BCUT2D eigenvalue weighted by Crippen LogP contribution is -2.58. The second-order valence-electron chi connectivity index (χ2n) is 7.99.